The number of aromatic nitrogens is 2. The first-order chi connectivity index (χ1) is 21.5. The number of benzene rings is 2. The summed E-state index contributed by atoms with van der Waals surface area (Å²) in [5, 5.41) is 9.71. The molecule has 3 aliphatic rings. The summed E-state index contributed by atoms with van der Waals surface area (Å²) in [6.07, 6.45) is 1.39. The Labute approximate surface area is 271 Å². The first kappa shape index (κ1) is 31.5. The van der Waals surface area contributed by atoms with Gasteiger partial charge in [-0.3, -0.25) is 19.1 Å². The Hall–Kier alpha value is -3.51. The lowest BCUT2D eigenvalue weighted by Crippen LogP contribution is -2.53. The average Bonchev–Trinajstić information content (AvgIpc) is 3.55. The van der Waals surface area contributed by atoms with Gasteiger partial charge in [0.25, 0.3) is 15.9 Å². The highest BCUT2D eigenvalue weighted by atomic mass is 35.5. The number of fused-ring (bicyclic) bond motifs is 1. The number of amides is 2. The molecule has 236 valence electrons. The number of morpholine rings is 1. The van der Waals surface area contributed by atoms with E-state index in [9.17, 15) is 23.3 Å². The molecule has 0 N–H and O–H groups in total. The van der Waals surface area contributed by atoms with Crippen molar-refractivity contribution in [2.75, 3.05) is 63.9 Å². The van der Waals surface area contributed by atoms with Crippen molar-refractivity contribution in [2.45, 2.75) is 23.9 Å². The molecule has 1 atom stereocenters. The number of halogens is 2. The molecular weight excluding hydrogens is 641 g/mol. The van der Waals surface area contributed by atoms with Crippen LogP contribution in [0.5, 0.6) is 0 Å². The molecule has 45 heavy (non-hydrogen) atoms. The SMILES string of the molecule is C[C@@]1(Cc2ccc(C#N)cc2)C(=O)N(c2cc(Cl)cc(Cl)c2)c2ncc(S(=O)(=O)N3CCN(C(=O)CN4CCOCC4)CC3)n21. The smallest absolute Gasteiger partial charge is 0.260 e. The van der Waals surface area contributed by atoms with Gasteiger partial charge in [0.05, 0.1) is 43.3 Å². The number of sulfonamides is 1. The normalized spacial score (nSPS) is 21.2. The maximum atomic E-state index is 14.3. The van der Waals surface area contributed by atoms with Crippen LogP contribution in [-0.4, -0.2) is 103 Å². The number of piperazine rings is 1. The van der Waals surface area contributed by atoms with E-state index in [-0.39, 0.29) is 56.0 Å². The van der Waals surface area contributed by atoms with E-state index >= 15 is 0 Å². The second-order valence-corrected chi connectivity index (χ2v) is 14.2. The van der Waals surface area contributed by atoms with E-state index in [1.54, 1.807) is 48.2 Å². The monoisotopic (exact) mass is 671 g/mol. The van der Waals surface area contributed by atoms with E-state index in [0.717, 1.165) is 5.56 Å². The largest absolute Gasteiger partial charge is 0.379 e. The molecule has 15 heteroatoms. The Kier molecular flexibility index (Phi) is 8.64. The third-order valence-corrected chi connectivity index (χ3v) is 10.8. The van der Waals surface area contributed by atoms with Crippen LogP contribution in [0.15, 0.2) is 53.7 Å². The summed E-state index contributed by atoms with van der Waals surface area (Å²) < 4.78 is 36.6. The Balaban J connectivity index is 1.31. The number of ether oxygens (including phenoxy) is 1. The topological polar surface area (TPSA) is 132 Å². The zero-order valence-electron chi connectivity index (χ0n) is 24.5. The molecule has 0 spiro atoms. The molecule has 0 unspecified atom stereocenters. The maximum Gasteiger partial charge on any atom is 0.260 e. The van der Waals surface area contributed by atoms with Crippen LogP contribution >= 0.6 is 23.2 Å². The molecule has 4 heterocycles. The van der Waals surface area contributed by atoms with Crippen molar-refractivity contribution >= 4 is 56.7 Å². The van der Waals surface area contributed by atoms with Gasteiger partial charge >= 0.3 is 0 Å². The zero-order valence-corrected chi connectivity index (χ0v) is 26.9. The molecule has 3 aliphatic heterocycles. The summed E-state index contributed by atoms with van der Waals surface area (Å²) in [6.45, 7) is 5.19. The van der Waals surface area contributed by atoms with E-state index in [1.807, 2.05) is 4.90 Å². The molecule has 2 aromatic carbocycles. The number of nitrogens with zero attached hydrogens (tertiary/aromatic N) is 7. The quantitative estimate of drug-likeness (QED) is 0.375. The summed E-state index contributed by atoms with van der Waals surface area (Å²) in [6, 6.07) is 13.5. The van der Waals surface area contributed by atoms with Gasteiger partial charge in [0.2, 0.25) is 11.9 Å². The molecule has 2 fully saturated rings. The van der Waals surface area contributed by atoms with Crippen LogP contribution in [0, 0.1) is 11.3 Å². The van der Waals surface area contributed by atoms with Crippen molar-refractivity contribution in [3.8, 4) is 6.07 Å². The summed E-state index contributed by atoms with van der Waals surface area (Å²) in [5.41, 5.74) is 0.133. The van der Waals surface area contributed by atoms with Crippen LogP contribution in [-0.2, 0) is 36.3 Å². The predicted molar refractivity (Wildman–Crippen MR) is 167 cm³/mol. The van der Waals surface area contributed by atoms with Crippen molar-refractivity contribution in [3.63, 3.8) is 0 Å². The Morgan fingerprint density at radius 2 is 1.67 bits per heavy atom. The molecule has 0 saturated carbocycles. The molecule has 0 bridgehead atoms. The average molecular weight is 673 g/mol. The van der Waals surface area contributed by atoms with Gasteiger partial charge in [0.15, 0.2) is 5.03 Å². The molecule has 2 saturated heterocycles. The molecule has 1 aromatic heterocycles. The minimum Gasteiger partial charge on any atom is -0.379 e. The van der Waals surface area contributed by atoms with Crippen molar-refractivity contribution in [1.29, 1.82) is 5.26 Å². The van der Waals surface area contributed by atoms with Crippen LogP contribution in [0.1, 0.15) is 18.1 Å². The van der Waals surface area contributed by atoms with Gasteiger partial charge in [-0.2, -0.15) is 9.57 Å². The lowest BCUT2D eigenvalue weighted by atomic mass is 9.91. The lowest BCUT2D eigenvalue weighted by Gasteiger charge is -2.36. The minimum absolute atomic E-state index is 0.0457. The first-order valence-electron chi connectivity index (χ1n) is 14.5. The summed E-state index contributed by atoms with van der Waals surface area (Å²) in [5.74, 6) is -0.341. The van der Waals surface area contributed by atoms with Crippen molar-refractivity contribution in [2.24, 2.45) is 0 Å². The Morgan fingerprint density at radius 3 is 2.29 bits per heavy atom. The van der Waals surface area contributed by atoms with E-state index in [0.29, 0.717) is 47.6 Å². The number of carbonyl (C=O) groups excluding carboxylic acids is 2. The molecule has 0 radical (unpaired) electrons. The van der Waals surface area contributed by atoms with Crippen LogP contribution in [0.4, 0.5) is 11.6 Å². The van der Waals surface area contributed by atoms with Crippen LogP contribution in [0.25, 0.3) is 0 Å². The maximum absolute atomic E-state index is 14.3. The van der Waals surface area contributed by atoms with Crippen molar-refractivity contribution in [1.82, 2.24) is 23.7 Å². The minimum atomic E-state index is -4.14. The highest BCUT2D eigenvalue weighted by Crippen LogP contribution is 2.45. The Bertz CT molecular complexity index is 1760. The predicted octanol–water partition coefficient (Wildman–Crippen LogP) is 2.86. The van der Waals surface area contributed by atoms with Crippen LogP contribution in [0.2, 0.25) is 10.0 Å². The standard InChI is InChI=1S/C30H31Cl2N7O5S/c1-30(17-21-2-4-22(18-33)5-3-21)28(41)38(25-15-23(31)14-24(32)16-25)29-34-19-27(39(29)30)45(42,43)37-8-6-36(7-9-37)26(40)20-35-10-12-44-13-11-35/h2-5,14-16,19H,6-13,17,20H2,1H3/t30-/m1/s1. The molecule has 0 aliphatic carbocycles. The first-order valence-corrected chi connectivity index (χ1v) is 16.7. The van der Waals surface area contributed by atoms with E-state index in [4.69, 9.17) is 27.9 Å². The second kappa shape index (κ2) is 12.4. The van der Waals surface area contributed by atoms with Crippen molar-refractivity contribution < 1.29 is 22.7 Å². The van der Waals surface area contributed by atoms with Gasteiger partial charge in [0.1, 0.15) is 5.54 Å². The third-order valence-electron chi connectivity index (χ3n) is 8.46. The summed E-state index contributed by atoms with van der Waals surface area (Å²) >= 11 is 12.6. The number of carbonyl (C=O) groups is 2. The van der Waals surface area contributed by atoms with E-state index in [1.165, 1.54) is 26.0 Å². The summed E-state index contributed by atoms with van der Waals surface area (Å²) in [7, 11) is -4.14. The third kappa shape index (κ3) is 5.94. The summed E-state index contributed by atoms with van der Waals surface area (Å²) in [4.78, 5) is 36.7. The highest BCUT2D eigenvalue weighted by Gasteiger charge is 2.52. The molecular formula is C30H31Cl2N7O5S. The highest BCUT2D eigenvalue weighted by molar-refractivity contribution is 7.89. The fourth-order valence-corrected chi connectivity index (χ4v) is 8.19. The fraction of sp³-hybridized carbons (Fsp3) is 0.400. The van der Waals surface area contributed by atoms with Gasteiger partial charge in [-0.05, 0) is 42.8 Å². The van der Waals surface area contributed by atoms with Crippen molar-refractivity contribution in [3.05, 3.63) is 69.8 Å². The van der Waals surface area contributed by atoms with Gasteiger partial charge < -0.3 is 9.64 Å². The second-order valence-electron chi connectivity index (χ2n) is 11.4. The van der Waals surface area contributed by atoms with Crippen LogP contribution < -0.4 is 4.90 Å². The Morgan fingerprint density at radius 1 is 1.02 bits per heavy atom. The number of imidazole rings is 1. The van der Waals surface area contributed by atoms with Gasteiger partial charge in [0, 0.05) is 55.7 Å². The van der Waals surface area contributed by atoms with Gasteiger partial charge in [-0.1, -0.05) is 35.3 Å². The fourth-order valence-electron chi connectivity index (χ4n) is 6.07. The number of rotatable bonds is 7. The number of nitriles is 1. The number of anilines is 2. The van der Waals surface area contributed by atoms with Gasteiger partial charge in [-0.25, -0.2) is 18.3 Å². The molecule has 12 nitrogen and oxygen atoms in total. The number of hydrogen-bond acceptors (Lipinski definition) is 8. The van der Waals surface area contributed by atoms with E-state index in [2.05, 4.69) is 11.1 Å². The van der Waals surface area contributed by atoms with Crippen LogP contribution in [0.3, 0.4) is 0 Å². The molecule has 6 rings (SSSR count). The zero-order chi connectivity index (χ0) is 31.9. The van der Waals surface area contributed by atoms with Gasteiger partial charge in [-0.15, -0.1) is 0 Å². The number of hydrogen-bond donors (Lipinski definition) is 0. The lowest BCUT2D eigenvalue weighted by molar-refractivity contribution is -0.134. The molecule has 2 amide bonds. The van der Waals surface area contributed by atoms with E-state index < -0.39 is 21.5 Å². The molecule has 3 aromatic rings.